The van der Waals surface area contributed by atoms with Crippen molar-refractivity contribution in [1.29, 1.82) is 0 Å². The van der Waals surface area contributed by atoms with E-state index in [0.717, 1.165) is 16.9 Å². The first-order valence-electron chi connectivity index (χ1n) is 7.30. The highest BCUT2D eigenvalue weighted by atomic mass is 16.5. The van der Waals surface area contributed by atoms with E-state index in [1.807, 2.05) is 43.3 Å². The van der Waals surface area contributed by atoms with Crippen molar-refractivity contribution >= 4 is 5.91 Å². The van der Waals surface area contributed by atoms with Crippen molar-refractivity contribution in [3.8, 4) is 17.2 Å². The van der Waals surface area contributed by atoms with Gasteiger partial charge in [0, 0.05) is 12.1 Å². The fourth-order valence-electron chi connectivity index (χ4n) is 2.13. The van der Waals surface area contributed by atoms with E-state index in [9.17, 15) is 4.79 Å². The minimum atomic E-state index is -0.210. The Morgan fingerprint density at radius 2 is 1.74 bits per heavy atom. The molecule has 0 aliphatic heterocycles. The third-order valence-corrected chi connectivity index (χ3v) is 3.35. The van der Waals surface area contributed by atoms with Gasteiger partial charge in [0.1, 0.15) is 5.75 Å². The van der Waals surface area contributed by atoms with E-state index >= 15 is 0 Å². The predicted octanol–water partition coefficient (Wildman–Crippen LogP) is 2.71. The zero-order valence-corrected chi connectivity index (χ0v) is 13.6. The van der Waals surface area contributed by atoms with Crippen LogP contribution >= 0.6 is 0 Å². The fourth-order valence-corrected chi connectivity index (χ4v) is 2.13. The standard InChI is InChI=1S/C18H21NO4/c1-13-8-9-16(17(10-13)22-3)23-12-18(20)19-11-14-6-4-5-7-15(14)21-2/h4-10H,11-12H2,1-3H3,(H,19,20). The topological polar surface area (TPSA) is 56.8 Å². The molecule has 0 bridgehead atoms. The SMILES string of the molecule is COc1ccccc1CNC(=O)COc1ccc(C)cc1OC. The molecule has 1 amide bonds. The summed E-state index contributed by atoms with van der Waals surface area (Å²) in [6.07, 6.45) is 0. The average molecular weight is 315 g/mol. The molecule has 0 spiro atoms. The minimum absolute atomic E-state index is 0.0748. The fraction of sp³-hybridized carbons (Fsp3) is 0.278. The Hall–Kier alpha value is -2.69. The number of ether oxygens (including phenoxy) is 3. The molecule has 0 atom stereocenters. The molecule has 2 aromatic rings. The first-order valence-corrected chi connectivity index (χ1v) is 7.30. The van der Waals surface area contributed by atoms with Crippen LogP contribution in [0, 0.1) is 6.92 Å². The van der Waals surface area contributed by atoms with Crippen molar-refractivity contribution in [2.24, 2.45) is 0 Å². The van der Waals surface area contributed by atoms with Crippen molar-refractivity contribution in [3.63, 3.8) is 0 Å². The first kappa shape index (κ1) is 16.7. The van der Waals surface area contributed by atoms with Crippen LogP contribution in [0.1, 0.15) is 11.1 Å². The minimum Gasteiger partial charge on any atom is -0.496 e. The van der Waals surface area contributed by atoms with Crippen molar-refractivity contribution in [2.45, 2.75) is 13.5 Å². The molecule has 0 saturated heterocycles. The number of hydrogen-bond donors (Lipinski definition) is 1. The second-order valence-electron chi connectivity index (χ2n) is 5.03. The normalized spacial score (nSPS) is 10.0. The maximum atomic E-state index is 11.9. The summed E-state index contributed by atoms with van der Waals surface area (Å²) in [5, 5.41) is 2.81. The van der Waals surface area contributed by atoms with Gasteiger partial charge in [-0.1, -0.05) is 24.3 Å². The molecule has 0 saturated carbocycles. The molecular formula is C18H21NO4. The molecule has 5 heteroatoms. The highest BCUT2D eigenvalue weighted by Crippen LogP contribution is 2.27. The summed E-state index contributed by atoms with van der Waals surface area (Å²) in [5.41, 5.74) is 1.98. The molecular weight excluding hydrogens is 294 g/mol. The third-order valence-electron chi connectivity index (χ3n) is 3.35. The van der Waals surface area contributed by atoms with Gasteiger partial charge in [0.2, 0.25) is 0 Å². The molecule has 5 nitrogen and oxygen atoms in total. The van der Waals surface area contributed by atoms with Crippen molar-refractivity contribution in [3.05, 3.63) is 53.6 Å². The molecule has 0 heterocycles. The summed E-state index contributed by atoms with van der Waals surface area (Å²) in [7, 11) is 3.18. The lowest BCUT2D eigenvalue weighted by Gasteiger charge is -2.12. The van der Waals surface area contributed by atoms with Gasteiger partial charge in [-0.05, 0) is 30.7 Å². The Morgan fingerprint density at radius 3 is 2.48 bits per heavy atom. The molecule has 0 aliphatic rings. The lowest BCUT2D eigenvalue weighted by molar-refractivity contribution is -0.123. The van der Waals surface area contributed by atoms with Gasteiger partial charge in [0.25, 0.3) is 5.91 Å². The van der Waals surface area contributed by atoms with Crippen LogP contribution in [0.25, 0.3) is 0 Å². The number of benzene rings is 2. The van der Waals surface area contributed by atoms with Crippen molar-refractivity contribution in [2.75, 3.05) is 20.8 Å². The largest absolute Gasteiger partial charge is 0.496 e. The van der Waals surface area contributed by atoms with Gasteiger partial charge in [-0.3, -0.25) is 4.79 Å². The summed E-state index contributed by atoms with van der Waals surface area (Å²) < 4.78 is 16.0. The van der Waals surface area contributed by atoms with Gasteiger partial charge in [-0.25, -0.2) is 0 Å². The molecule has 0 aliphatic carbocycles. The van der Waals surface area contributed by atoms with Crippen molar-refractivity contribution < 1.29 is 19.0 Å². The summed E-state index contributed by atoms with van der Waals surface area (Å²) in [5.74, 6) is 1.69. The number of rotatable bonds is 7. The number of hydrogen-bond acceptors (Lipinski definition) is 4. The molecule has 2 rings (SSSR count). The van der Waals surface area contributed by atoms with Gasteiger partial charge in [0.15, 0.2) is 18.1 Å². The quantitative estimate of drug-likeness (QED) is 0.853. The van der Waals surface area contributed by atoms with Gasteiger partial charge in [-0.15, -0.1) is 0 Å². The van der Waals surface area contributed by atoms with Crippen LogP contribution in [0.4, 0.5) is 0 Å². The lowest BCUT2D eigenvalue weighted by Crippen LogP contribution is -2.28. The number of carbonyl (C=O) groups is 1. The van der Waals surface area contributed by atoms with E-state index in [-0.39, 0.29) is 12.5 Å². The molecule has 0 fully saturated rings. The summed E-state index contributed by atoms with van der Waals surface area (Å²) in [6, 6.07) is 13.1. The number of para-hydroxylation sites is 1. The monoisotopic (exact) mass is 315 g/mol. The molecule has 2 aromatic carbocycles. The van der Waals surface area contributed by atoms with E-state index in [1.165, 1.54) is 0 Å². The van der Waals surface area contributed by atoms with Crippen LogP contribution in [0.15, 0.2) is 42.5 Å². The predicted molar refractivity (Wildman–Crippen MR) is 88.1 cm³/mol. The summed E-state index contributed by atoms with van der Waals surface area (Å²) >= 11 is 0. The Balaban J connectivity index is 1.88. The van der Waals surface area contributed by atoms with Crippen molar-refractivity contribution in [1.82, 2.24) is 5.32 Å². The number of nitrogens with one attached hydrogen (secondary N) is 1. The van der Waals surface area contributed by atoms with Crippen LogP contribution < -0.4 is 19.5 Å². The Bertz CT molecular complexity index is 670. The van der Waals surface area contributed by atoms with Crippen LogP contribution in [-0.4, -0.2) is 26.7 Å². The van der Waals surface area contributed by atoms with Crippen LogP contribution in [0.3, 0.4) is 0 Å². The van der Waals surface area contributed by atoms with E-state index in [0.29, 0.717) is 18.0 Å². The van der Waals surface area contributed by atoms with Gasteiger partial charge >= 0.3 is 0 Å². The van der Waals surface area contributed by atoms with E-state index in [2.05, 4.69) is 5.32 Å². The second-order valence-corrected chi connectivity index (χ2v) is 5.03. The Kier molecular flexibility index (Phi) is 5.86. The summed E-state index contributed by atoms with van der Waals surface area (Å²) in [4.78, 5) is 11.9. The molecule has 23 heavy (non-hydrogen) atoms. The number of carbonyl (C=O) groups excluding carboxylic acids is 1. The highest BCUT2D eigenvalue weighted by Gasteiger charge is 2.09. The zero-order chi connectivity index (χ0) is 16.7. The first-order chi connectivity index (χ1) is 11.1. The van der Waals surface area contributed by atoms with Gasteiger partial charge in [0.05, 0.1) is 14.2 Å². The van der Waals surface area contributed by atoms with Crippen LogP contribution in [0.5, 0.6) is 17.2 Å². The number of methoxy groups -OCH3 is 2. The Labute approximate surface area is 136 Å². The zero-order valence-electron chi connectivity index (χ0n) is 13.6. The van der Waals surface area contributed by atoms with Gasteiger partial charge < -0.3 is 19.5 Å². The lowest BCUT2D eigenvalue weighted by atomic mass is 10.2. The number of aryl methyl sites for hydroxylation is 1. The molecule has 0 unspecified atom stereocenters. The smallest absolute Gasteiger partial charge is 0.258 e. The second kappa shape index (κ2) is 8.08. The maximum Gasteiger partial charge on any atom is 0.258 e. The third kappa shape index (κ3) is 4.64. The molecule has 122 valence electrons. The molecule has 0 aromatic heterocycles. The number of amides is 1. The van der Waals surface area contributed by atoms with Crippen LogP contribution in [-0.2, 0) is 11.3 Å². The average Bonchev–Trinajstić information content (AvgIpc) is 2.58. The molecule has 0 radical (unpaired) electrons. The summed E-state index contributed by atoms with van der Waals surface area (Å²) in [6.45, 7) is 2.28. The molecule has 1 N–H and O–H groups in total. The van der Waals surface area contributed by atoms with E-state index in [1.54, 1.807) is 20.3 Å². The highest BCUT2D eigenvalue weighted by molar-refractivity contribution is 5.77. The Morgan fingerprint density at radius 1 is 1.00 bits per heavy atom. The van der Waals surface area contributed by atoms with Gasteiger partial charge in [-0.2, -0.15) is 0 Å². The van der Waals surface area contributed by atoms with E-state index in [4.69, 9.17) is 14.2 Å². The van der Waals surface area contributed by atoms with Crippen LogP contribution in [0.2, 0.25) is 0 Å². The van der Waals surface area contributed by atoms with E-state index < -0.39 is 0 Å². The maximum absolute atomic E-state index is 11.9.